The summed E-state index contributed by atoms with van der Waals surface area (Å²) >= 11 is 0. The molecule has 26 heavy (non-hydrogen) atoms. The number of hydrogen-bond donors (Lipinski definition) is 1. The van der Waals surface area contributed by atoms with Crippen LogP contribution in [0, 0.1) is 0 Å². The van der Waals surface area contributed by atoms with Crippen molar-refractivity contribution in [2.45, 2.75) is 19.6 Å². The lowest BCUT2D eigenvalue weighted by atomic mass is 9.97. The summed E-state index contributed by atoms with van der Waals surface area (Å²) < 4.78 is 7.23. The van der Waals surface area contributed by atoms with Crippen LogP contribution in [0.15, 0.2) is 72.5 Å². The molecule has 0 saturated heterocycles. The van der Waals surface area contributed by atoms with Crippen molar-refractivity contribution in [3.63, 3.8) is 0 Å². The molecule has 1 atom stereocenters. The summed E-state index contributed by atoms with van der Waals surface area (Å²) in [6, 6.07) is 12.9. The molecule has 1 N–H and O–H groups in total. The number of nitrogens with one attached hydrogen (secondary N) is 1. The molecule has 0 radical (unpaired) electrons. The maximum atomic E-state index is 12.9. The van der Waals surface area contributed by atoms with Crippen molar-refractivity contribution in [2.24, 2.45) is 0 Å². The van der Waals surface area contributed by atoms with Crippen LogP contribution in [0.3, 0.4) is 0 Å². The van der Waals surface area contributed by atoms with Gasteiger partial charge in [0.2, 0.25) is 5.95 Å². The third-order valence-corrected chi connectivity index (χ3v) is 4.23. The van der Waals surface area contributed by atoms with E-state index >= 15 is 0 Å². The van der Waals surface area contributed by atoms with Crippen molar-refractivity contribution in [1.29, 1.82) is 0 Å². The molecule has 1 aliphatic rings. The van der Waals surface area contributed by atoms with Gasteiger partial charge < -0.3 is 10.1 Å². The molecule has 7 nitrogen and oxygen atoms in total. The number of carbonyl (C=O) groups is 1. The summed E-state index contributed by atoms with van der Waals surface area (Å²) in [6.07, 6.45) is 4.87. The summed E-state index contributed by atoms with van der Waals surface area (Å²) in [6.45, 7) is 2.04. The Kier molecular flexibility index (Phi) is 4.18. The van der Waals surface area contributed by atoms with Gasteiger partial charge in [0.1, 0.15) is 19.0 Å². The monoisotopic (exact) mass is 347 g/mol. The van der Waals surface area contributed by atoms with E-state index in [9.17, 15) is 4.79 Å². The van der Waals surface area contributed by atoms with E-state index in [1.54, 1.807) is 17.1 Å². The van der Waals surface area contributed by atoms with Gasteiger partial charge in [-0.3, -0.25) is 4.98 Å². The molecular weight excluding hydrogens is 330 g/mol. The van der Waals surface area contributed by atoms with Crippen LogP contribution in [0.1, 0.15) is 24.1 Å². The summed E-state index contributed by atoms with van der Waals surface area (Å²) in [5, 5.41) is 7.39. The standard InChI is InChI=1S/C19H17N5O2/c1-13-16(18(25)26-11-14-6-3-2-4-7-14)17(15-8-5-9-20-10-15)24-19(23-13)21-12-22-24/h2-10,12,17H,11H2,1H3,(H,21,22,23)/t17-/m0/s1. The number of fused-ring (bicyclic) bond motifs is 1. The molecular formula is C19H17N5O2. The van der Waals surface area contributed by atoms with Gasteiger partial charge in [0.25, 0.3) is 0 Å². The number of aromatic nitrogens is 4. The first kappa shape index (κ1) is 16.0. The van der Waals surface area contributed by atoms with Gasteiger partial charge in [0, 0.05) is 18.1 Å². The largest absolute Gasteiger partial charge is 0.457 e. The zero-order valence-electron chi connectivity index (χ0n) is 14.2. The van der Waals surface area contributed by atoms with E-state index in [1.165, 1.54) is 6.33 Å². The fourth-order valence-corrected chi connectivity index (χ4v) is 3.00. The van der Waals surface area contributed by atoms with Crippen molar-refractivity contribution in [3.8, 4) is 0 Å². The Morgan fingerprint density at radius 2 is 2.08 bits per heavy atom. The minimum absolute atomic E-state index is 0.209. The summed E-state index contributed by atoms with van der Waals surface area (Å²) in [4.78, 5) is 21.3. The van der Waals surface area contributed by atoms with Crippen LogP contribution in [0.4, 0.5) is 5.95 Å². The van der Waals surface area contributed by atoms with E-state index < -0.39 is 12.0 Å². The molecule has 1 aliphatic heterocycles. The van der Waals surface area contributed by atoms with Crippen LogP contribution >= 0.6 is 0 Å². The number of anilines is 1. The number of allylic oxidation sites excluding steroid dienone is 1. The Labute approximate surface area is 150 Å². The highest BCUT2D eigenvalue weighted by atomic mass is 16.5. The predicted molar refractivity (Wildman–Crippen MR) is 95.0 cm³/mol. The smallest absolute Gasteiger partial charge is 0.338 e. The Morgan fingerprint density at radius 1 is 1.23 bits per heavy atom. The maximum Gasteiger partial charge on any atom is 0.338 e. The predicted octanol–water partition coefficient (Wildman–Crippen LogP) is 2.71. The van der Waals surface area contributed by atoms with Gasteiger partial charge in [-0.25, -0.2) is 9.48 Å². The van der Waals surface area contributed by atoms with Gasteiger partial charge >= 0.3 is 5.97 Å². The minimum Gasteiger partial charge on any atom is -0.457 e. The van der Waals surface area contributed by atoms with Crippen LogP contribution in [-0.2, 0) is 16.1 Å². The van der Waals surface area contributed by atoms with Crippen LogP contribution in [-0.4, -0.2) is 25.7 Å². The van der Waals surface area contributed by atoms with Gasteiger partial charge in [-0.05, 0) is 24.1 Å². The summed E-state index contributed by atoms with van der Waals surface area (Å²) in [5.74, 6) is 0.185. The molecule has 1 aromatic carbocycles. The average Bonchev–Trinajstić information content (AvgIpc) is 3.14. The number of nitrogens with zero attached hydrogens (tertiary/aromatic N) is 4. The zero-order chi connectivity index (χ0) is 17.9. The lowest BCUT2D eigenvalue weighted by Gasteiger charge is -2.27. The highest BCUT2D eigenvalue weighted by Gasteiger charge is 2.34. The van der Waals surface area contributed by atoms with Crippen molar-refractivity contribution in [2.75, 3.05) is 5.32 Å². The molecule has 2 aromatic heterocycles. The first-order valence-electron chi connectivity index (χ1n) is 8.22. The minimum atomic E-state index is -0.439. The van der Waals surface area contributed by atoms with Gasteiger partial charge in [-0.1, -0.05) is 36.4 Å². The lowest BCUT2D eigenvalue weighted by Crippen LogP contribution is -2.29. The quantitative estimate of drug-likeness (QED) is 0.731. The molecule has 0 aliphatic carbocycles. The molecule has 4 rings (SSSR count). The second kappa shape index (κ2) is 6.79. The molecule has 0 bridgehead atoms. The normalized spacial score (nSPS) is 16.0. The van der Waals surface area contributed by atoms with Gasteiger partial charge in [0.15, 0.2) is 0 Å². The SMILES string of the molecule is CC1=C(C(=O)OCc2ccccc2)[C@H](c2cccnc2)n2ncnc2N1. The van der Waals surface area contributed by atoms with E-state index in [2.05, 4.69) is 20.4 Å². The van der Waals surface area contributed by atoms with Gasteiger partial charge in [-0.15, -0.1) is 0 Å². The van der Waals surface area contributed by atoms with E-state index in [-0.39, 0.29) is 6.61 Å². The third kappa shape index (κ3) is 2.95. The summed E-state index contributed by atoms with van der Waals surface area (Å²) in [5.41, 5.74) is 2.96. The van der Waals surface area contributed by atoms with Crippen molar-refractivity contribution >= 4 is 11.9 Å². The van der Waals surface area contributed by atoms with Gasteiger partial charge in [-0.2, -0.15) is 10.1 Å². The molecule has 0 saturated carbocycles. The first-order chi connectivity index (χ1) is 12.7. The van der Waals surface area contributed by atoms with E-state index in [0.717, 1.165) is 11.1 Å². The number of ether oxygens (including phenoxy) is 1. The fraction of sp³-hybridized carbons (Fsp3) is 0.158. The maximum absolute atomic E-state index is 12.9. The molecule has 3 heterocycles. The van der Waals surface area contributed by atoms with Crippen molar-refractivity contribution < 1.29 is 9.53 Å². The van der Waals surface area contributed by atoms with E-state index in [1.807, 2.05) is 49.4 Å². The van der Waals surface area contributed by atoms with E-state index in [4.69, 9.17) is 4.74 Å². The number of rotatable bonds is 4. The summed E-state index contributed by atoms with van der Waals surface area (Å²) in [7, 11) is 0. The third-order valence-electron chi connectivity index (χ3n) is 4.23. The van der Waals surface area contributed by atoms with Gasteiger partial charge in [0.05, 0.1) is 5.57 Å². The second-order valence-electron chi connectivity index (χ2n) is 5.94. The van der Waals surface area contributed by atoms with Crippen molar-refractivity contribution in [1.82, 2.24) is 19.7 Å². The first-order valence-corrected chi connectivity index (χ1v) is 8.22. The zero-order valence-corrected chi connectivity index (χ0v) is 14.2. The number of hydrogen-bond acceptors (Lipinski definition) is 6. The number of pyridine rings is 1. The molecule has 3 aromatic rings. The molecule has 0 fully saturated rings. The molecule has 7 heteroatoms. The number of esters is 1. The number of carbonyl (C=O) groups excluding carboxylic acids is 1. The Hall–Kier alpha value is -3.48. The fourth-order valence-electron chi connectivity index (χ4n) is 3.00. The van der Waals surface area contributed by atoms with Crippen LogP contribution in [0.5, 0.6) is 0 Å². The molecule has 0 amide bonds. The second-order valence-corrected chi connectivity index (χ2v) is 5.94. The van der Waals surface area contributed by atoms with Crippen LogP contribution in [0.25, 0.3) is 0 Å². The Bertz CT molecular complexity index is 950. The van der Waals surface area contributed by atoms with Crippen LogP contribution < -0.4 is 5.32 Å². The average molecular weight is 347 g/mol. The van der Waals surface area contributed by atoms with E-state index in [0.29, 0.717) is 17.2 Å². The molecule has 0 unspecified atom stereocenters. The topological polar surface area (TPSA) is 81.9 Å². The highest BCUT2D eigenvalue weighted by molar-refractivity contribution is 5.92. The highest BCUT2D eigenvalue weighted by Crippen LogP contribution is 2.34. The Balaban J connectivity index is 1.67. The number of benzene rings is 1. The molecule has 130 valence electrons. The van der Waals surface area contributed by atoms with Crippen molar-refractivity contribution in [3.05, 3.63) is 83.6 Å². The lowest BCUT2D eigenvalue weighted by molar-refractivity contribution is -0.140. The van der Waals surface area contributed by atoms with Crippen LogP contribution in [0.2, 0.25) is 0 Å². The molecule has 0 spiro atoms. The Morgan fingerprint density at radius 3 is 2.85 bits per heavy atom.